The number of aromatic nitrogens is 2. The van der Waals surface area contributed by atoms with E-state index in [1.54, 1.807) is 13.8 Å². The summed E-state index contributed by atoms with van der Waals surface area (Å²) in [6, 6.07) is 13.0. The van der Waals surface area contributed by atoms with Gasteiger partial charge < -0.3 is 25.1 Å². The Hall–Kier alpha value is -2.45. The van der Waals surface area contributed by atoms with E-state index in [1.807, 2.05) is 13.8 Å². The minimum Gasteiger partial charge on any atom is -0.550 e. The van der Waals surface area contributed by atoms with Crippen molar-refractivity contribution >= 4 is 11.7 Å². The van der Waals surface area contributed by atoms with Gasteiger partial charge in [-0.3, -0.25) is 0 Å². The zero-order valence-electron chi connectivity index (χ0n) is 24.6. The van der Waals surface area contributed by atoms with Crippen molar-refractivity contribution in [1.82, 2.24) is 9.97 Å². The molecule has 40 heavy (non-hydrogen) atoms. The minimum atomic E-state index is -0.958. The van der Waals surface area contributed by atoms with Gasteiger partial charge in [-0.25, -0.2) is 0 Å². The predicted octanol–water partition coefficient (Wildman–Crippen LogP) is 1.78. The normalized spacial score (nSPS) is 16.8. The number of benzene rings is 2. The third-order valence-electron chi connectivity index (χ3n) is 8.46. The molecular weight excluding hydrogens is 513 g/mol. The van der Waals surface area contributed by atoms with Gasteiger partial charge in [0.05, 0.1) is 23.6 Å². The van der Waals surface area contributed by atoms with Gasteiger partial charge in [-0.1, -0.05) is 24.3 Å². The third-order valence-corrected chi connectivity index (χ3v) is 8.46. The molecule has 2 aromatic carbocycles. The second kappa shape index (κ2) is 11.8. The van der Waals surface area contributed by atoms with E-state index < -0.39 is 11.6 Å². The number of ether oxygens (including phenoxy) is 1. The maximum atomic E-state index is 11.4. The molecule has 0 aliphatic heterocycles. The zero-order chi connectivity index (χ0) is 27.9. The van der Waals surface area contributed by atoms with E-state index in [-0.39, 0.29) is 47.3 Å². The van der Waals surface area contributed by atoms with Crippen molar-refractivity contribution in [3.05, 3.63) is 70.0 Å². The van der Waals surface area contributed by atoms with Crippen LogP contribution in [0.4, 0.5) is 5.69 Å². The number of aliphatic carboxylic acids is 1. The first kappa shape index (κ1) is 30.5. The summed E-state index contributed by atoms with van der Waals surface area (Å²) < 4.78 is 5.73. The van der Waals surface area contributed by atoms with Crippen LogP contribution in [-0.2, 0) is 17.8 Å². The number of nitrogens with one attached hydrogen (secondary N) is 1. The van der Waals surface area contributed by atoms with Crippen LogP contribution in [0.15, 0.2) is 36.4 Å². The van der Waals surface area contributed by atoms with E-state index in [4.69, 9.17) is 4.74 Å². The molecule has 2 aliphatic carbocycles. The van der Waals surface area contributed by atoms with Gasteiger partial charge in [0.15, 0.2) is 0 Å². The molecule has 5 rings (SSSR count). The van der Waals surface area contributed by atoms with Crippen molar-refractivity contribution < 1.29 is 49.3 Å². The van der Waals surface area contributed by atoms with Crippen LogP contribution in [0.5, 0.6) is 6.01 Å². The molecule has 1 spiro atoms. The van der Waals surface area contributed by atoms with E-state index in [9.17, 15) is 15.0 Å². The Morgan fingerprint density at radius 1 is 1.15 bits per heavy atom. The molecule has 1 unspecified atom stereocenters. The van der Waals surface area contributed by atoms with Gasteiger partial charge >= 0.3 is 35.6 Å². The van der Waals surface area contributed by atoms with Gasteiger partial charge in [0.25, 0.3) is 0 Å². The standard InChI is InChI=1S/C32H39N3O4.Na/c1-19-22(18-33-24-9-10-26-23(15-24)17-32(11-12-32)27(26)16-28(36)37)7-6-8-25(19)29-20(2)34-30(35-21(29)3)39-14-13-31(4,5)38;/h6-10,15,27,33,38H,11-14,16-18H2,1-5H3,(H,36,37);/q;+1/p-1. The van der Waals surface area contributed by atoms with Crippen LogP contribution in [-0.4, -0.2) is 33.3 Å². The molecular formula is C32H38N3NaO4. The Balaban J connectivity index is 0.00000370. The van der Waals surface area contributed by atoms with Crippen LogP contribution < -0.4 is 44.7 Å². The number of anilines is 1. The van der Waals surface area contributed by atoms with Gasteiger partial charge in [0.2, 0.25) is 0 Å². The number of aliphatic hydroxyl groups is 1. The molecule has 0 radical (unpaired) electrons. The summed E-state index contributed by atoms with van der Waals surface area (Å²) in [6.07, 6.45) is 3.77. The van der Waals surface area contributed by atoms with E-state index in [1.165, 1.54) is 22.3 Å². The topological polar surface area (TPSA) is 107 Å². The summed E-state index contributed by atoms with van der Waals surface area (Å²) in [5, 5.41) is 24.9. The Labute approximate surface area is 259 Å². The second-order valence-electron chi connectivity index (χ2n) is 12.0. The number of carbonyl (C=O) groups is 1. The number of hydrogen-bond donors (Lipinski definition) is 2. The monoisotopic (exact) mass is 551 g/mol. The van der Waals surface area contributed by atoms with Crippen molar-refractivity contribution in [1.29, 1.82) is 0 Å². The molecule has 7 nitrogen and oxygen atoms in total. The zero-order valence-corrected chi connectivity index (χ0v) is 26.6. The van der Waals surface area contributed by atoms with Gasteiger partial charge in [-0.15, -0.1) is 0 Å². The Bertz CT molecular complexity index is 1390. The number of nitrogens with zero attached hydrogens (tertiary/aromatic N) is 2. The average molecular weight is 552 g/mol. The Morgan fingerprint density at radius 2 is 1.85 bits per heavy atom. The minimum absolute atomic E-state index is 0. The van der Waals surface area contributed by atoms with Crippen LogP contribution in [0.25, 0.3) is 11.1 Å². The van der Waals surface area contributed by atoms with Crippen molar-refractivity contribution in [2.24, 2.45) is 5.41 Å². The van der Waals surface area contributed by atoms with Gasteiger partial charge in [-0.05, 0) is 112 Å². The maximum absolute atomic E-state index is 11.4. The number of carbonyl (C=O) groups excluding carboxylic acids is 1. The number of carboxylic acids is 1. The Kier molecular flexibility index (Phi) is 9.00. The van der Waals surface area contributed by atoms with Gasteiger partial charge in [0, 0.05) is 30.2 Å². The summed E-state index contributed by atoms with van der Waals surface area (Å²) in [7, 11) is 0. The van der Waals surface area contributed by atoms with Crippen LogP contribution in [0.2, 0.25) is 0 Å². The van der Waals surface area contributed by atoms with Crippen LogP contribution in [0, 0.1) is 26.2 Å². The summed E-state index contributed by atoms with van der Waals surface area (Å²) in [4.78, 5) is 20.6. The van der Waals surface area contributed by atoms with Crippen molar-refractivity contribution in [3.63, 3.8) is 0 Å². The number of fused-ring (bicyclic) bond motifs is 1. The van der Waals surface area contributed by atoms with Crippen LogP contribution >= 0.6 is 0 Å². The van der Waals surface area contributed by atoms with E-state index in [0.29, 0.717) is 25.6 Å². The molecule has 206 valence electrons. The predicted molar refractivity (Wildman–Crippen MR) is 150 cm³/mol. The molecule has 0 amide bonds. The van der Waals surface area contributed by atoms with Gasteiger partial charge in [-0.2, -0.15) is 9.97 Å². The summed E-state index contributed by atoms with van der Waals surface area (Å²) in [6.45, 7) is 10.6. The number of hydrogen-bond acceptors (Lipinski definition) is 7. The SMILES string of the molecule is Cc1nc(OCCC(C)(C)O)nc(C)c1-c1cccc(CNc2ccc3c(c2)CC2(CC2)C3CC(=O)[O-])c1C.[Na+]. The molecule has 3 aromatic rings. The second-order valence-corrected chi connectivity index (χ2v) is 12.0. The summed E-state index contributed by atoms with van der Waals surface area (Å²) >= 11 is 0. The first-order valence-corrected chi connectivity index (χ1v) is 13.8. The first-order valence-electron chi connectivity index (χ1n) is 13.8. The molecule has 0 saturated heterocycles. The van der Waals surface area contributed by atoms with Crippen molar-refractivity contribution in [2.75, 3.05) is 11.9 Å². The molecule has 2 N–H and O–H groups in total. The number of carboxylic acid groups (broad SMARTS) is 1. The number of rotatable bonds is 10. The molecule has 1 saturated carbocycles. The van der Waals surface area contributed by atoms with Crippen molar-refractivity contribution in [2.45, 2.75) is 84.8 Å². The van der Waals surface area contributed by atoms with Crippen LogP contribution in [0.1, 0.15) is 79.1 Å². The fourth-order valence-corrected chi connectivity index (χ4v) is 6.10. The van der Waals surface area contributed by atoms with E-state index in [2.05, 4.69) is 58.6 Å². The molecule has 1 fully saturated rings. The number of aryl methyl sites for hydroxylation is 2. The molecule has 1 heterocycles. The van der Waals surface area contributed by atoms with Crippen molar-refractivity contribution in [3.8, 4) is 17.1 Å². The fourth-order valence-electron chi connectivity index (χ4n) is 6.10. The third kappa shape index (κ3) is 6.54. The van der Waals surface area contributed by atoms with E-state index in [0.717, 1.165) is 47.5 Å². The molecule has 8 heteroatoms. The largest absolute Gasteiger partial charge is 1.00 e. The van der Waals surface area contributed by atoms with Gasteiger partial charge in [0.1, 0.15) is 0 Å². The average Bonchev–Trinajstić information content (AvgIpc) is 3.55. The summed E-state index contributed by atoms with van der Waals surface area (Å²) in [5.41, 5.74) is 9.01. The maximum Gasteiger partial charge on any atom is 1.00 e. The first-order chi connectivity index (χ1) is 18.5. The Morgan fingerprint density at radius 3 is 2.48 bits per heavy atom. The smallest absolute Gasteiger partial charge is 0.550 e. The fraction of sp³-hybridized carbons (Fsp3) is 0.469. The van der Waals surface area contributed by atoms with Crippen LogP contribution in [0.3, 0.4) is 0 Å². The molecule has 0 bridgehead atoms. The molecule has 2 aliphatic rings. The van der Waals surface area contributed by atoms with E-state index >= 15 is 0 Å². The molecule has 1 atom stereocenters. The molecule has 1 aromatic heterocycles. The summed E-state index contributed by atoms with van der Waals surface area (Å²) in [5.74, 6) is -0.877. The quantitative estimate of drug-likeness (QED) is 0.370.